The highest BCUT2D eigenvalue weighted by Crippen LogP contribution is 2.40. The fourth-order valence-electron chi connectivity index (χ4n) is 1.89. The van der Waals surface area contributed by atoms with Crippen molar-refractivity contribution in [3.63, 3.8) is 0 Å². The summed E-state index contributed by atoms with van der Waals surface area (Å²) < 4.78 is 5.59. The van der Waals surface area contributed by atoms with Crippen LogP contribution in [0.1, 0.15) is 11.3 Å². The van der Waals surface area contributed by atoms with Crippen molar-refractivity contribution < 1.29 is 9.52 Å². The maximum atomic E-state index is 10.1. The van der Waals surface area contributed by atoms with Crippen LogP contribution in [0.25, 0.3) is 21.4 Å². The third kappa shape index (κ3) is 1.45. The minimum atomic E-state index is 0.207. The van der Waals surface area contributed by atoms with Crippen molar-refractivity contribution in [2.45, 2.75) is 13.8 Å². The zero-order chi connectivity index (χ0) is 12.0. The molecule has 0 unspecified atom stereocenters. The summed E-state index contributed by atoms with van der Waals surface area (Å²) in [6.07, 6.45) is 3.36. The Balaban J connectivity index is 2.39. The molecule has 0 aliphatic rings. The van der Waals surface area contributed by atoms with Gasteiger partial charge in [-0.15, -0.1) is 11.3 Å². The van der Waals surface area contributed by atoms with Gasteiger partial charge in [-0.05, 0) is 30.9 Å². The van der Waals surface area contributed by atoms with Crippen LogP contribution < -0.4 is 0 Å². The molecule has 3 heterocycles. The Morgan fingerprint density at radius 3 is 2.88 bits per heavy atom. The quantitative estimate of drug-likeness (QED) is 0.707. The molecule has 0 atom stereocenters. The van der Waals surface area contributed by atoms with Gasteiger partial charge in [0.15, 0.2) is 5.76 Å². The van der Waals surface area contributed by atoms with Crippen molar-refractivity contribution >= 4 is 22.1 Å². The molecule has 3 aromatic rings. The average molecular weight is 245 g/mol. The highest BCUT2D eigenvalue weighted by Gasteiger charge is 2.17. The van der Waals surface area contributed by atoms with Crippen LogP contribution in [0.15, 0.2) is 28.3 Å². The molecule has 4 heteroatoms. The van der Waals surface area contributed by atoms with Gasteiger partial charge in [0.2, 0.25) is 0 Å². The third-order valence-corrected chi connectivity index (χ3v) is 3.88. The summed E-state index contributed by atoms with van der Waals surface area (Å²) in [4.78, 5) is 5.17. The predicted octanol–water partition coefficient (Wildman–Crippen LogP) is 3.88. The molecule has 3 aromatic heterocycles. The fourth-order valence-corrected chi connectivity index (χ4v) is 2.81. The Hall–Kier alpha value is -1.81. The highest BCUT2D eigenvalue weighted by atomic mass is 32.1. The molecule has 3 rings (SSSR count). The molecule has 0 spiro atoms. The Morgan fingerprint density at radius 1 is 1.35 bits per heavy atom. The molecule has 17 heavy (non-hydrogen) atoms. The van der Waals surface area contributed by atoms with Gasteiger partial charge in [0.25, 0.3) is 0 Å². The second-order valence-electron chi connectivity index (χ2n) is 4.02. The molecule has 0 fully saturated rings. The van der Waals surface area contributed by atoms with Gasteiger partial charge in [-0.1, -0.05) is 0 Å². The second kappa shape index (κ2) is 3.60. The zero-order valence-corrected chi connectivity index (χ0v) is 10.3. The van der Waals surface area contributed by atoms with Gasteiger partial charge in [0.05, 0.1) is 16.0 Å². The lowest BCUT2D eigenvalue weighted by atomic mass is 10.1. The van der Waals surface area contributed by atoms with Gasteiger partial charge in [-0.3, -0.25) is 4.98 Å². The number of fused-ring (bicyclic) bond motifs is 1. The molecule has 0 aromatic carbocycles. The van der Waals surface area contributed by atoms with Crippen molar-refractivity contribution in [2.75, 3.05) is 0 Å². The molecule has 3 nitrogen and oxygen atoms in total. The van der Waals surface area contributed by atoms with Gasteiger partial charge in [-0.25, -0.2) is 0 Å². The zero-order valence-electron chi connectivity index (χ0n) is 9.52. The van der Waals surface area contributed by atoms with E-state index in [2.05, 4.69) is 4.98 Å². The van der Waals surface area contributed by atoms with Crippen LogP contribution in [0.5, 0.6) is 5.75 Å². The van der Waals surface area contributed by atoms with Crippen molar-refractivity contribution in [1.82, 2.24) is 4.98 Å². The maximum absolute atomic E-state index is 10.1. The predicted molar refractivity (Wildman–Crippen MR) is 68.5 cm³/mol. The Bertz CT molecular complexity index is 697. The molecule has 86 valence electrons. The van der Waals surface area contributed by atoms with Crippen molar-refractivity contribution in [3.8, 4) is 16.4 Å². The molecule has 0 radical (unpaired) electrons. The van der Waals surface area contributed by atoms with E-state index in [1.807, 2.05) is 18.4 Å². The summed E-state index contributed by atoms with van der Waals surface area (Å²) in [5.74, 6) is 0.939. The van der Waals surface area contributed by atoms with Crippen LogP contribution in [0, 0.1) is 13.8 Å². The van der Waals surface area contributed by atoms with Gasteiger partial charge in [-0.2, -0.15) is 0 Å². The second-order valence-corrected chi connectivity index (χ2v) is 4.94. The van der Waals surface area contributed by atoms with Crippen molar-refractivity contribution in [2.24, 2.45) is 0 Å². The minimum Gasteiger partial charge on any atom is -0.505 e. The number of hydrogen-bond acceptors (Lipinski definition) is 4. The summed E-state index contributed by atoms with van der Waals surface area (Å²) in [7, 11) is 0. The molecule has 0 aliphatic heterocycles. The molecule has 0 saturated carbocycles. The average Bonchev–Trinajstić information content (AvgIpc) is 2.89. The van der Waals surface area contributed by atoms with E-state index < -0.39 is 0 Å². The first-order chi connectivity index (χ1) is 8.18. The number of aromatic nitrogens is 1. The van der Waals surface area contributed by atoms with Crippen LogP contribution in [0.4, 0.5) is 0 Å². The lowest BCUT2D eigenvalue weighted by Crippen LogP contribution is -1.82. The number of hydrogen-bond donors (Lipinski definition) is 1. The minimum absolute atomic E-state index is 0.207. The molecule has 0 saturated heterocycles. The van der Waals surface area contributed by atoms with E-state index in [0.717, 1.165) is 27.0 Å². The van der Waals surface area contributed by atoms with E-state index in [-0.39, 0.29) is 5.75 Å². The number of rotatable bonds is 1. The summed E-state index contributed by atoms with van der Waals surface area (Å²) in [5.41, 5.74) is 1.77. The Labute approximate surface area is 102 Å². The lowest BCUT2D eigenvalue weighted by molar-refractivity contribution is 0.474. The molecular formula is C13H11NO2S. The van der Waals surface area contributed by atoms with Crippen LogP contribution in [0.2, 0.25) is 0 Å². The first-order valence-corrected chi connectivity index (χ1v) is 6.16. The summed E-state index contributed by atoms with van der Waals surface area (Å²) in [6.45, 7) is 3.82. The van der Waals surface area contributed by atoms with Crippen LogP contribution in [-0.4, -0.2) is 10.1 Å². The number of thiophene rings is 1. The molecule has 1 N–H and O–H groups in total. The SMILES string of the molecule is Cc1ccsc1-c1occ2cnc(C)c(O)c12. The number of aromatic hydroxyl groups is 1. The summed E-state index contributed by atoms with van der Waals surface area (Å²) in [6, 6.07) is 2.04. The molecule has 0 aliphatic carbocycles. The molecule has 0 bridgehead atoms. The summed E-state index contributed by atoms with van der Waals surface area (Å²) in [5, 5.41) is 13.7. The van der Waals surface area contributed by atoms with Gasteiger partial charge < -0.3 is 9.52 Å². The Morgan fingerprint density at radius 2 is 2.18 bits per heavy atom. The van der Waals surface area contributed by atoms with E-state index in [9.17, 15) is 5.11 Å². The largest absolute Gasteiger partial charge is 0.505 e. The van der Waals surface area contributed by atoms with E-state index >= 15 is 0 Å². The van der Waals surface area contributed by atoms with E-state index in [0.29, 0.717) is 5.69 Å². The van der Waals surface area contributed by atoms with E-state index in [4.69, 9.17) is 4.42 Å². The first kappa shape index (κ1) is 10.4. The fraction of sp³-hybridized carbons (Fsp3) is 0.154. The maximum Gasteiger partial charge on any atom is 0.155 e. The number of nitrogens with zero attached hydrogens (tertiary/aromatic N) is 1. The number of furan rings is 1. The van der Waals surface area contributed by atoms with Crippen molar-refractivity contribution in [1.29, 1.82) is 0 Å². The van der Waals surface area contributed by atoms with Gasteiger partial charge in [0.1, 0.15) is 12.0 Å². The smallest absolute Gasteiger partial charge is 0.155 e. The number of aryl methyl sites for hydroxylation is 2. The first-order valence-electron chi connectivity index (χ1n) is 5.28. The van der Waals surface area contributed by atoms with E-state index in [1.54, 1.807) is 30.7 Å². The molecule has 0 amide bonds. The van der Waals surface area contributed by atoms with Crippen LogP contribution >= 0.6 is 11.3 Å². The van der Waals surface area contributed by atoms with Gasteiger partial charge in [0, 0.05) is 11.6 Å². The Kier molecular flexibility index (Phi) is 2.19. The lowest BCUT2D eigenvalue weighted by Gasteiger charge is -2.01. The molecular weight excluding hydrogens is 234 g/mol. The topological polar surface area (TPSA) is 46.3 Å². The van der Waals surface area contributed by atoms with E-state index in [1.165, 1.54) is 0 Å². The highest BCUT2D eigenvalue weighted by molar-refractivity contribution is 7.13. The van der Waals surface area contributed by atoms with Crippen LogP contribution in [-0.2, 0) is 0 Å². The van der Waals surface area contributed by atoms with Gasteiger partial charge >= 0.3 is 0 Å². The van der Waals surface area contributed by atoms with Crippen LogP contribution in [0.3, 0.4) is 0 Å². The normalized spacial score (nSPS) is 11.2. The number of pyridine rings is 1. The summed E-state index contributed by atoms with van der Waals surface area (Å²) >= 11 is 1.61. The van der Waals surface area contributed by atoms with Crippen molar-refractivity contribution in [3.05, 3.63) is 35.2 Å². The monoisotopic (exact) mass is 245 g/mol. The third-order valence-electron chi connectivity index (χ3n) is 2.86. The standard InChI is InChI=1S/C13H11NO2S/c1-7-3-4-17-13(7)12-10-9(6-16-12)5-14-8(2)11(10)15/h3-6,15H,1-2H3.